The van der Waals surface area contributed by atoms with Crippen LogP contribution >= 0.6 is 15.9 Å². The lowest BCUT2D eigenvalue weighted by atomic mass is 10.3. The van der Waals surface area contributed by atoms with Crippen molar-refractivity contribution < 1.29 is 4.39 Å². The summed E-state index contributed by atoms with van der Waals surface area (Å²) in [6, 6.07) is 13.9. The first-order chi connectivity index (χ1) is 11.1. The predicted octanol–water partition coefficient (Wildman–Crippen LogP) is 4.45. The molecule has 0 aliphatic rings. The third kappa shape index (κ3) is 3.57. The van der Waals surface area contributed by atoms with E-state index in [1.807, 2.05) is 24.3 Å². The Balaban J connectivity index is 1.86. The zero-order chi connectivity index (χ0) is 16.2. The minimum atomic E-state index is -0.382. The van der Waals surface area contributed by atoms with E-state index >= 15 is 0 Å². The Bertz CT molecular complexity index is 823. The van der Waals surface area contributed by atoms with Gasteiger partial charge in [-0.3, -0.25) is 0 Å². The normalized spacial score (nSPS) is 10.3. The smallest absolute Gasteiger partial charge is 0.159 e. The SMILES string of the molecule is Nc1c(Nc2ccc(Br)cc2)ncnc1Nc1ccccc1F. The Morgan fingerprint density at radius 3 is 2.26 bits per heavy atom. The molecule has 0 atom stereocenters. The fourth-order valence-corrected chi connectivity index (χ4v) is 2.22. The minimum absolute atomic E-state index is 0.299. The summed E-state index contributed by atoms with van der Waals surface area (Å²) in [5.41, 5.74) is 7.51. The molecule has 0 saturated heterocycles. The number of nitrogens with zero attached hydrogens (tertiary/aromatic N) is 2. The van der Waals surface area contributed by atoms with E-state index in [9.17, 15) is 4.39 Å². The number of aromatic nitrogens is 2. The Hall–Kier alpha value is -2.67. The van der Waals surface area contributed by atoms with Crippen molar-refractivity contribution in [2.75, 3.05) is 16.4 Å². The number of para-hydroxylation sites is 1. The van der Waals surface area contributed by atoms with Gasteiger partial charge < -0.3 is 16.4 Å². The summed E-state index contributed by atoms with van der Waals surface area (Å²) in [6.45, 7) is 0. The van der Waals surface area contributed by atoms with Crippen LogP contribution in [0.15, 0.2) is 59.3 Å². The second kappa shape index (κ2) is 6.62. The van der Waals surface area contributed by atoms with Gasteiger partial charge in [-0.1, -0.05) is 28.1 Å². The van der Waals surface area contributed by atoms with E-state index in [2.05, 4.69) is 36.5 Å². The fraction of sp³-hybridized carbons (Fsp3) is 0. The topological polar surface area (TPSA) is 75.9 Å². The maximum Gasteiger partial charge on any atom is 0.159 e. The molecule has 0 amide bonds. The van der Waals surface area contributed by atoms with Crippen LogP contribution in [0.4, 0.5) is 33.1 Å². The van der Waals surface area contributed by atoms with Crippen molar-refractivity contribution in [1.29, 1.82) is 0 Å². The molecule has 0 radical (unpaired) electrons. The molecule has 1 aromatic heterocycles. The predicted molar refractivity (Wildman–Crippen MR) is 93.6 cm³/mol. The minimum Gasteiger partial charge on any atom is -0.393 e. The van der Waals surface area contributed by atoms with E-state index in [0.29, 0.717) is 23.0 Å². The lowest BCUT2D eigenvalue weighted by molar-refractivity contribution is 0.632. The highest BCUT2D eigenvalue weighted by molar-refractivity contribution is 9.10. The van der Waals surface area contributed by atoms with E-state index in [1.54, 1.807) is 18.2 Å². The largest absolute Gasteiger partial charge is 0.393 e. The van der Waals surface area contributed by atoms with Crippen LogP contribution in [0.1, 0.15) is 0 Å². The number of hydrogen-bond donors (Lipinski definition) is 3. The van der Waals surface area contributed by atoms with Crippen molar-refractivity contribution in [3.63, 3.8) is 0 Å². The summed E-state index contributed by atoms with van der Waals surface area (Å²) in [6.07, 6.45) is 1.36. The highest BCUT2D eigenvalue weighted by atomic mass is 79.9. The summed E-state index contributed by atoms with van der Waals surface area (Å²) in [5, 5.41) is 5.99. The average molecular weight is 374 g/mol. The van der Waals surface area contributed by atoms with Crippen molar-refractivity contribution in [3.8, 4) is 0 Å². The maximum absolute atomic E-state index is 13.7. The fourth-order valence-electron chi connectivity index (χ4n) is 1.95. The third-order valence-electron chi connectivity index (χ3n) is 3.12. The van der Waals surface area contributed by atoms with Gasteiger partial charge in [-0.15, -0.1) is 0 Å². The van der Waals surface area contributed by atoms with E-state index in [-0.39, 0.29) is 5.82 Å². The van der Waals surface area contributed by atoms with Gasteiger partial charge in [-0.2, -0.15) is 0 Å². The van der Waals surface area contributed by atoms with Gasteiger partial charge >= 0.3 is 0 Å². The van der Waals surface area contributed by atoms with Crippen LogP contribution in [-0.4, -0.2) is 9.97 Å². The molecule has 0 bridgehead atoms. The van der Waals surface area contributed by atoms with Gasteiger partial charge in [-0.05, 0) is 36.4 Å². The summed E-state index contributed by atoms with van der Waals surface area (Å²) < 4.78 is 14.7. The number of nitrogens with one attached hydrogen (secondary N) is 2. The summed E-state index contributed by atoms with van der Waals surface area (Å²) in [4.78, 5) is 8.20. The van der Waals surface area contributed by atoms with Crippen LogP contribution in [0.25, 0.3) is 0 Å². The average Bonchev–Trinajstić information content (AvgIpc) is 2.55. The van der Waals surface area contributed by atoms with E-state index in [1.165, 1.54) is 12.4 Å². The monoisotopic (exact) mass is 373 g/mol. The molecule has 23 heavy (non-hydrogen) atoms. The van der Waals surface area contributed by atoms with Gasteiger partial charge in [-0.25, -0.2) is 14.4 Å². The first-order valence-corrected chi connectivity index (χ1v) is 7.57. The van der Waals surface area contributed by atoms with E-state index in [0.717, 1.165) is 10.2 Å². The van der Waals surface area contributed by atoms with Gasteiger partial charge in [0.05, 0.1) is 5.69 Å². The molecule has 7 heteroatoms. The molecule has 2 aromatic carbocycles. The van der Waals surface area contributed by atoms with Crippen molar-refractivity contribution >= 4 is 44.6 Å². The van der Waals surface area contributed by atoms with Crippen LogP contribution in [0, 0.1) is 5.82 Å². The van der Waals surface area contributed by atoms with E-state index in [4.69, 9.17) is 5.73 Å². The summed E-state index contributed by atoms with van der Waals surface area (Å²) in [5.74, 6) is 0.402. The first kappa shape index (κ1) is 15.2. The number of hydrogen-bond acceptors (Lipinski definition) is 5. The molecule has 116 valence electrons. The number of nitrogen functional groups attached to an aromatic ring is 1. The molecule has 0 saturated carbocycles. The molecule has 4 N–H and O–H groups in total. The van der Waals surface area contributed by atoms with Gasteiger partial charge in [0.15, 0.2) is 11.6 Å². The Morgan fingerprint density at radius 1 is 0.913 bits per heavy atom. The van der Waals surface area contributed by atoms with Crippen LogP contribution in [-0.2, 0) is 0 Å². The lowest BCUT2D eigenvalue weighted by Gasteiger charge is -2.13. The van der Waals surface area contributed by atoms with Gasteiger partial charge in [0.25, 0.3) is 0 Å². The number of halogens is 2. The molecule has 3 rings (SSSR count). The van der Waals surface area contributed by atoms with Crippen LogP contribution < -0.4 is 16.4 Å². The van der Waals surface area contributed by atoms with Gasteiger partial charge in [0.2, 0.25) is 0 Å². The zero-order valence-electron chi connectivity index (χ0n) is 11.9. The van der Waals surface area contributed by atoms with Crippen molar-refractivity contribution in [2.45, 2.75) is 0 Å². The Labute approximate surface area is 140 Å². The summed E-state index contributed by atoms with van der Waals surface area (Å²) >= 11 is 3.38. The molecule has 0 unspecified atom stereocenters. The second-order valence-electron chi connectivity index (χ2n) is 4.72. The Morgan fingerprint density at radius 2 is 1.57 bits per heavy atom. The zero-order valence-corrected chi connectivity index (χ0v) is 13.5. The molecule has 1 heterocycles. The quantitative estimate of drug-likeness (QED) is 0.629. The molecule has 5 nitrogen and oxygen atoms in total. The van der Waals surface area contributed by atoms with Crippen molar-refractivity contribution in [3.05, 3.63) is 65.1 Å². The first-order valence-electron chi connectivity index (χ1n) is 6.78. The molecular formula is C16H13BrFN5. The van der Waals surface area contributed by atoms with Crippen molar-refractivity contribution in [2.24, 2.45) is 0 Å². The number of rotatable bonds is 4. The van der Waals surface area contributed by atoms with Gasteiger partial charge in [0.1, 0.15) is 17.8 Å². The standard InChI is InChI=1S/C16H13BrFN5/c17-10-5-7-11(8-6-10)22-15-14(19)16(21-9-20-15)23-13-4-2-1-3-12(13)18/h1-9H,19H2,(H2,20,21,22,23). The summed E-state index contributed by atoms with van der Waals surface area (Å²) in [7, 11) is 0. The van der Waals surface area contributed by atoms with Crippen LogP contribution in [0.3, 0.4) is 0 Å². The highest BCUT2D eigenvalue weighted by Crippen LogP contribution is 2.29. The van der Waals surface area contributed by atoms with Gasteiger partial charge in [0, 0.05) is 10.2 Å². The maximum atomic E-state index is 13.7. The van der Waals surface area contributed by atoms with Crippen LogP contribution in [0.2, 0.25) is 0 Å². The number of nitrogens with two attached hydrogens (primary N) is 1. The van der Waals surface area contributed by atoms with Crippen molar-refractivity contribution in [1.82, 2.24) is 9.97 Å². The Kier molecular flexibility index (Phi) is 4.38. The third-order valence-corrected chi connectivity index (χ3v) is 3.65. The second-order valence-corrected chi connectivity index (χ2v) is 5.64. The molecule has 0 aliphatic heterocycles. The molecule has 0 spiro atoms. The highest BCUT2D eigenvalue weighted by Gasteiger charge is 2.10. The molecule has 3 aromatic rings. The number of benzene rings is 2. The lowest BCUT2D eigenvalue weighted by Crippen LogP contribution is -2.05. The van der Waals surface area contributed by atoms with Crippen LogP contribution in [0.5, 0.6) is 0 Å². The number of anilines is 5. The molecule has 0 fully saturated rings. The molecule has 0 aliphatic carbocycles. The van der Waals surface area contributed by atoms with E-state index < -0.39 is 0 Å². The molecular weight excluding hydrogens is 361 g/mol.